The lowest BCUT2D eigenvalue weighted by molar-refractivity contribution is 0.0603. The smallest absolute Gasteiger partial charge is 0.340 e. The number of hydrogen-bond acceptors (Lipinski definition) is 5. The maximum atomic E-state index is 13.4. The normalized spacial score (nSPS) is 11.4. The first-order valence-corrected chi connectivity index (χ1v) is 12.0. The van der Waals surface area contributed by atoms with Gasteiger partial charge in [0.25, 0.3) is 15.9 Å². The highest BCUT2D eigenvalue weighted by atomic mass is 32.2. The number of esters is 1. The molecule has 4 rings (SSSR count). The van der Waals surface area contributed by atoms with E-state index in [0.29, 0.717) is 22.2 Å². The summed E-state index contributed by atoms with van der Waals surface area (Å²) in [5.74, 6) is -1.03. The molecule has 174 valence electrons. The minimum atomic E-state index is -3.96. The van der Waals surface area contributed by atoms with E-state index in [4.69, 9.17) is 4.74 Å². The van der Waals surface area contributed by atoms with Crippen molar-refractivity contribution in [2.45, 2.75) is 25.7 Å². The number of nitrogens with zero attached hydrogens (tertiary/aromatic N) is 1. The molecule has 1 aromatic heterocycles. The summed E-state index contributed by atoms with van der Waals surface area (Å²) < 4.78 is 35.3. The first-order chi connectivity index (χ1) is 16.1. The second kappa shape index (κ2) is 8.79. The predicted octanol–water partition coefficient (Wildman–Crippen LogP) is 4.84. The summed E-state index contributed by atoms with van der Waals surface area (Å²) in [6.07, 6.45) is 1.42. The number of fused-ring (bicyclic) bond motifs is 1. The van der Waals surface area contributed by atoms with Crippen molar-refractivity contribution in [1.82, 2.24) is 4.57 Å². The van der Waals surface area contributed by atoms with Crippen LogP contribution in [0, 0.1) is 20.8 Å². The Morgan fingerprint density at radius 2 is 1.62 bits per heavy atom. The number of aromatic nitrogens is 1. The Labute approximate surface area is 198 Å². The molecule has 0 saturated carbocycles. The number of rotatable bonds is 5. The molecule has 0 bridgehead atoms. The van der Waals surface area contributed by atoms with Crippen LogP contribution >= 0.6 is 0 Å². The maximum Gasteiger partial charge on any atom is 0.340 e. The van der Waals surface area contributed by atoms with Crippen molar-refractivity contribution in [3.05, 3.63) is 94.7 Å². The molecule has 1 heterocycles. The van der Waals surface area contributed by atoms with Gasteiger partial charge in [0.2, 0.25) is 0 Å². The van der Waals surface area contributed by atoms with Gasteiger partial charge in [0, 0.05) is 17.1 Å². The Balaban J connectivity index is 1.78. The minimum absolute atomic E-state index is 0.00362. The molecule has 0 spiro atoms. The molecule has 3 aromatic carbocycles. The van der Waals surface area contributed by atoms with E-state index in [9.17, 15) is 18.0 Å². The second-order valence-electron chi connectivity index (χ2n) is 8.13. The van der Waals surface area contributed by atoms with Crippen molar-refractivity contribution >= 4 is 38.5 Å². The van der Waals surface area contributed by atoms with Crippen molar-refractivity contribution in [2.24, 2.45) is 0 Å². The lowest BCUT2D eigenvalue weighted by Crippen LogP contribution is -2.17. The Bertz CT molecular complexity index is 1550. The molecule has 34 heavy (non-hydrogen) atoms. The topological polar surface area (TPSA) is 94.5 Å². The number of carbonyl (C=O) groups is 2. The third-order valence-corrected chi connectivity index (χ3v) is 7.21. The largest absolute Gasteiger partial charge is 0.465 e. The molecule has 8 heteroatoms. The number of hydrogen-bond donors (Lipinski definition) is 1. The van der Waals surface area contributed by atoms with E-state index in [1.165, 1.54) is 23.9 Å². The predicted molar refractivity (Wildman–Crippen MR) is 131 cm³/mol. The van der Waals surface area contributed by atoms with Crippen LogP contribution in [-0.4, -0.2) is 32.0 Å². The number of anilines is 1. The van der Waals surface area contributed by atoms with Crippen molar-refractivity contribution in [1.29, 1.82) is 0 Å². The molecule has 7 nitrogen and oxygen atoms in total. The van der Waals surface area contributed by atoms with E-state index in [1.807, 2.05) is 26.0 Å². The number of aryl methyl sites for hydroxylation is 3. The van der Waals surface area contributed by atoms with Gasteiger partial charge in [-0.1, -0.05) is 36.4 Å². The third-order valence-electron chi connectivity index (χ3n) is 5.70. The molecule has 1 N–H and O–H groups in total. The Morgan fingerprint density at radius 1 is 0.912 bits per heavy atom. The van der Waals surface area contributed by atoms with Gasteiger partial charge in [0.05, 0.1) is 28.8 Å². The summed E-state index contributed by atoms with van der Waals surface area (Å²) >= 11 is 0. The van der Waals surface area contributed by atoms with Gasteiger partial charge in [0.1, 0.15) is 0 Å². The number of ether oxygens (including phenoxy) is 1. The average molecular weight is 477 g/mol. The van der Waals surface area contributed by atoms with Gasteiger partial charge in [-0.25, -0.2) is 13.2 Å². The lowest BCUT2D eigenvalue weighted by atomic mass is 10.1. The summed E-state index contributed by atoms with van der Waals surface area (Å²) in [7, 11) is -2.69. The summed E-state index contributed by atoms with van der Waals surface area (Å²) in [5.41, 5.74) is 3.63. The van der Waals surface area contributed by atoms with Crippen LogP contribution in [-0.2, 0) is 14.8 Å². The number of para-hydroxylation sites is 1. The molecule has 0 fully saturated rings. The van der Waals surface area contributed by atoms with Crippen LogP contribution in [0.5, 0.6) is 0 Å². The van der Waals surface area contributed by atoms with Crippen LogP contribution in [0.3, 0.4) is 0 Å². The van der Waals surface area contributed by atoms with Crippen molar-refractivity contribution in [3.8, 4) is 0 Å². The van der Waals surface area contributed by atoms with Crippen LogP contribution in [0.25, 0.3) is 10.9 Å². The summed E-state index contributed by atoms with van der Waals surface area (Å²) in [6.45, 7) is 5.37. The molecule has 0 radical (unpaired) electrons. The number of nitrogens with one attached hydrogen (secondary N) is 1. The van der Waals surface area contributed by atoms with Crippen molar-refractivity contribution in [3.63, 3.8) is 0 Å². The lowest BCUT2D eigenvalue weighted by Gasteiger charge is -2.14. The quantitative estimate of drug-likeness (QED) is 0.416. The molecular weight excluding hydrogens is 452 g/mol. The summed E-state index contributed by atoms with van der Waals surface area (Å²) in [5, 5.41) is 0.569. The fourth-order valence-electron chi connectivity index (χ4n) is 3.83. The number of sulfonamides is 1. The second-order valence-corrected chi connectivity index (χ2v) is 9.78. The first kappa shape index (κ1) is 23.3. The van der Waals surface area contributed by atoms with E-state index >= 15 is 0 Å². The van der Waals surface area contributed by atoms with Gasteiger partial charge >= 0.3 is 5.97 Å². The maximum absolute atomic E-state index is 13.4. The van der Waals surface area contributed by atoms with Crippen molar-refractivity contribution < 1.29 is 22.7 Å². The number of carbonyl (C=O) groups excluding carboxylic acids is 2. The van der Waals surface area contributed by atoms with E-state index in [2.05, 4.69) is 4.72 Å². The zero-order chi connectivity index (χ0) is 24.6. The SMILES string of the molecule is COC(=O)c1cn(C(=O)c2ccc(C)c(S(=O)(=O)Nc3cc(C)ccc3C)c2)c2ccccc12. The van der Waals surface area contributed by atoms with Crippen LogP contribution in [0.15, 0.2) is 71.8 Å². The molecule has 0 aliphatic carbocycles. The highest BCUT2D eigenvalue weighted by Gasteiger charge is 2.23. The summed E-state index contributed by atoms with van der Waals surface area (Å²) in [4.78, 5) is 25.7. The number of benzene rings is 3. The van der Waals surface area contributed by atoms with Gasteiger partial charge < -0.3 is 4.74 Å². The first-order valence-electron chi connectivity index (χ1n) is 10.6. The molecule has 0 amide bonds. The Hall–Kier alpha value is -3.91. The molecular formula is C26H24N2O5S. The van der Waals surface area contributed by atoms with Gasteiger partial charge in [-0.2, -0.15) is 0 Å². The Kier molecular flexibility index (Phi) is 6.01. The summed E-state index contributed by atoms with van der Waals surface area (Å²) in [6, 6.07) is 17.0. The minimum Gasteiger partial charge on any atom is -0.465 e. The fraction of sp³-hybridized carbons (Fsp3) is 0.154. The van der Waals surface area contributed by atoms with Crippen LogP contribution in [0.2, 0.25) is 0 Å². The van der Waals surface area contributed by atoms with E-state index < -0.39 is 21.9 Å². The number of methoxy groups -OCH3 is 1. The van der Waals surface area contributed by atoms with Gasteiger partial charge in [-0.05, 0) is 61.7 Å². The molecule has 0 aliphatic heterocycles. The van der Waals surface area contributed by atoms with Gasteiger partial charge in [-0.15, -0.1) is 0 Å². The van der Waals surface area contributed by atoms with E-state index in [0.717, 1.165) is 11.1 Å². The highest BCUT2D eigenvalue weighted by molar-refractivity contribution is 7.92. The standard InChI is InChI=1S/C26H24N2O5S/c1-16-9-10-17(2)22(13-16)27-34(31,32)24-14-19(12-11-18(24)3)25(29)28-15-21(26(30)33-4)20-7-5-6-8-23(20)28/h5-15,27H,1-4H3. The van der Waals surface area contributed by atoms with E-state index in [1.54, 1.807) is 49.4 Å². The molecule has 0 atom stereocenters. The zero-order valence-electron chi connectivity index (χ0n) is 19.2. The van der Waals surface area contributed by atoms with Gasteiger partial charge in [0.15, 0.2) is 0 Å². The zero-order valence-corrected chi connectivity index (χ0v) is 20.1. The van der Waals surface area contributed by atoms with E-state index in [-0.39, 0.29) is 16.0 Å². The van der Waals surface area contributed by atoms with Gasteiger partial charge in [-0.3, -0.25) is 14.1 Å². The van der Waals surface area contributed by atoms with Crippen LogP contribution in [0.4, 0.5) is 5.69 Å². The van der Waals surface area contributed by atoms with Crippen molar-refractivity contribution in [2.75, 3.05) is 11.8 Å². The Morgan fingerprint density at radius 3 is 2.35 bits per heavy atom. The monoisotopic (exact) mass is 476 g/mol. The fourth-order valence-corrected chi connectivity index (χ4v) is 5.22. The van der Waals surface area contributed by atoms with Crippen LogP contribution < -0.4 is 4.72 Å². The molecule has 4 aromatic rings. The van der Waals surface area contributed by atoms with Crippen LogP contribution in [0.1, 0.15) is 37.4 Å². The molecule has 0 unspecified atom stereocenters. The molecule has 0 saturated heterocycles. The molecule has 0 aliphatic rings. The highest BCUT2D eigenvalue weighted by Crippen LogP contribution is 2.26. The average Bonchev–Trinajstić information content (AvgIpc) is 3.20. The third kappa shape index (κ3) is 4.20.